The molecule has 0 aliphatic rings. The molecule has 0 radical (unpaired) electrons. The number of aromatic nitrogens is 4. The van der Waals surface area contributed by atoms with E-state index in [0.29, 0.717) is 78.2 Å². The zero-order valence-corrected chi connectivity index (χ0v) is 46.8. The van der Waals surface area contributed by atoms with Crippen LogP contribution in [0, 0.1) is 0 Å². The second-order valence-electron chi connectivity index (χ2n) is 16.3. The van der Waals surface area contributed by atoms with Crippen molar-refractivity contribution in [1.29, 1.82) is 0 Å². The van der Waals surface area contributed by atoms with Crippen molar-refractivity contribution in [2.45, 2.75) is 0 Å². The van der Waals surface area contributed by atoms with E-state index in [0.717, 1.165) is 5.39 Å². The first-order valence-corrected chi connectivity index (χ1v) is 24.6. The SMILES string of the molecule is COC(=O)c1cc(OC)cnc1-c1ccc(OC)cc1Cl.COC(=O)c1cc(OC)cnc1Cl.COc1ccc(B(O)O)c(Cl)c1.COc1ccc2c(c1)oc(=O)c1cc(OC)cnc12.O=c1ccc2c(c1)oc(=O)c1cc(O)c[nH]c12. The van der Waals surface area contributed by atoms with Crippen molar-refractivity contribution < 1.29 is 71.5 Å². The molecule has 4 aromatic carbocycles. The number of benzene rings is 4. The van der Waals surface area contributed by atoms with Gasteiger partial charge < -0.3 is 66.9 Å². The number of nitrogens with one attached hydrogen (secondary N) is 1. The van der Waals surface area contributed by atoms with E-state index in [2.05, 4.69) is 24.7 Å². The number of halogens is 3. The van der Waals surface area contributed by atoms with Crippen molar-refractivity contribution in [1.82, 2.24) is 19.9 Å². The monoisotopic (exact) mass is 1180 g/mol. The highest BCUT2D eigenvalue weighted by Gasteiger charge is 2.20. The van der Waals surface area contributed by atoms with Gasteiger partial charge in [-0.05, 0) is 78.9 Å². The molecule has 0 fully saturated rings. The van der Waals surface area contributed by atoms with Gasteiger partial charge >= 0.3 is 30.3 Å². The molecule has 0 unspecified atom stereocenters. The number of H-pyrrole nitrogens is 1. The van der Waals surface area contributed by atoms with E-state index in [9.17, 15) is 29.1 Å². The number of ether oxygens (including phenoxy) is 8. The molecule has 6 aromatic heterocycles. The van der Waals surface area contributed by atoms with Crippen molar-refractivity contribution in [3.8, 4) is 51.5 Å². The van der Waals surface area contributed by atoms with Gasteiger partial charge in [-0.25, -0.2) is 24.2 Å². The summed E-state index contributed by atoms with van der Waals surface area (Å²) in [5.74, 6) is 2.19. The van der Waals surface area contributed by atoms with Gasteiger partial charge in [0.2, 0.25) is 0 Å². The molecule has 6 heterocycles. The quantitative estimate of drug-likeness (QED) is 0.0328. The number of esters is 2. The zero-order valence-electron chi connectivity index (χ0n) is 44.6. The second-order valence-corrected chi connectivity index (χ2v) is 17.5. The van der Waals surface area contributed by atoms with Crippen LogP contribution in [-0.2, 0) is 9.47 Å². The summed E-state index contributed by atoms with van der Waals surface area (Å²) in [7, 11) is 10.2. The van der Waals surface area contributed by atoms with Gasteiger partial charge in [0.25, 0.3) is 0 Å². The van der Waals surface area contributed by atoms with E-state index in [1.165, 1.54) is 97.6 Å². The van der Waals surface area contributed by atoms with Gasteiger partial charge in [-0.3, -0.25) is 14.8 Å². The van der Waals surface area contributed by atoms with Gasteiger partial charge in [0.05, 0.1) is 114 Å². The van der Waals surface area contributed by atoms with Crippen LogP contribution in [-0.4, -0.2) is 111 Å². The van der Waals surface area contributed by atoms with Gasteiger partial charge in [-0.1, -0.05) is 40.9 Å². The summed E-state index contributed by atoms with van der Waals surface area (Å²) in [5, 5.41) is 29.8. The van der Waals surface area contributed by atoms with Crippen LogP contribution < -0.4 is 50.6 Å². The van der Waals surface area contributed by atoms with Crippen molar-refractivity contribution in [3.63, 3.8) is 0 Å². The van der Waals surface area contributed by atoms with E-state index >= 15 is 0 Å². The van der Waals surface area contributed by atoms with Crippen LogP contribution in [0.2, 0.25) is 15.2 Å². The molecular weight excluding hydrogens is 1130 g/mol. The third-order valence-corrected chi connectivity index (χ3v) is 12.4. The number of aromatic hydroxyl groups is 1. The second kappa shape index (κ2) is 28.7. The molecule has 26 heteroatoms. The molecule has 0 amide bonds. The highest BCUT2D eigenvalue weighted by Crippen LogP contribution is 2.34. The highest BCUT2D eigenvalue weighted by molar-refractivity contribution is 6.62. The molecule has 10 aromatic rings. The van der Waals surface area contributed by atoms with E-state index in [-0.39, 0.29) is 48.9 Å². The highest BCUT2D eigenvalue weighted by atomic mass is 35.5. The number of rotatable bonds is 10. The molecule has 0 spiro atoms. The first-order chi connectivity index (χ1) is 39.3. The van der Waals surface area contributed by atoms with E-state index in [1.807, 2.05) is 6.07 Å². The Kier molecular flexibility index (Phi) is 21.6. The molecule has 0 aliphatic carbocycles. The Labute approximate surface area is 480 Å². The Balaban J connectivity index is 0.000000167. The van der Waals surface area contributed by atoms with Crippen molar-refractivity contribution >= 4 is 103 Å². The topological polar surface area (TPSA) is 301 Å². The lowest BCUT2D eigenvalue weighted by molar-refractivity contribution is 0.0591. The first-order valence-electron chi connectivity index (χ1n) is 23.5. The van der Waals surface area contributed by atoms with Crippen molar-refractivity contribution in [2.75, 3.05) is 56.9 Å². The number of hydrogen-bond acceptors (Lipinski definition) is 21. The van der Waals surface area contributed by atoms with Crippen LogP contribution >= 0.6 is 34.8 Å². The van der Waals surface area contributed by atoms with Gasteiger partial charge in [0, 0.05) is 45.2 Å². The van der Waals surface area contributed by atoms with E-state index in [1.54, 1.807) is 75.0 Å². The summed E-state index contributed by atoms with van der Waals surface area (Å²) < 4.78 is 49.7. The summed E-state index contributed by atoms with van der Waals surface area (Å²) in [6.07, 6.45) is 5.88. The van der Waals surface area contributed by atoms with Gasteiger partial charge in [-0.2, -0.15) is 0 Å². The Bertz CT molecular complexity index is 4120. The third kappa shape index (κ3) is 15.1. The van der Waals surface area contributed by atoms with E-state index in [4.69, 9.17) is 86.8 Å². The fraction of sp³-hybridized carbons (Fsp3) is 0.143. The minimum absolute atomic E-state index is 0.0513. The fourth-order valence-corrected chi connectivity index (χ4v) is 8.01. The van der Waals surface area contributed by atoms with Crippen LogP contribution in [0.25, 0.3) is 55.0 Å². The minimum atomic E-state index is -1.54. The maximum atomic E-state index is 12.0. The molecule has 0 atom stereocenters. The smallest absolute Gasteiger partial charge is 0.489 e. The largest absolute Gasteiger partial charge is 0.506 e. The molecule has 0 aliphatic heterocycles. The molecule has 0 bridgehead atoms. The molecule has 0 saturated heterocycles. The number of fused-ring (bicyclic) bond motifs is 6. The maximum Gasteiger partial charge on any atom is 0.489 e. The average molecular weight is 1180 g/mol. The average Bonchev–Trinajstić information content (AvgIpc) is 3.57. The number of hydrogen-bond donors (Lipinski definition) is 4. The van der Waals surface area contributed by atoms with Crippen LogP contribution in [0.15, 0.2) is 145 Å². The summed E-state index contributed by atoms with van der Waals surface area (Å²) in [4.78, 5) is 72.9. The predicted molar refractivity (Wildman–Crippen MR) is 307 cm³/mol. The molecule has 4 N–H and O–H groups in total. The maximum absolute atomic E-state index is 12.0. The Hall–Kier alpha value is -9.39. The number of methoxy groups -OCH3 is 8. The van der Waals surface area contributed by atoms with Gasteiger partial charge in [0.15, 0.2) is 5.43 Å². The normalized spacial score (nSPS) is 10.3. The third-order valence-electron chi connectivity index (χ3n) is 11.4. The fourth-order valence-electron chi connectivity index (χ4n) is 7.30. The Morgan fingerprint density at radius 3 is 1.63 bits per heavy atom. The first kappa shape index (κ1) is 61.8. The summed E-state index contributed by atoms with van der Waals surface area (Å²) in [5.41, 5.74) is 2.35. The van der Waals surface area contributed by atoms with Crippen LogP contribution in [0.3, 0.4) is 0 Å². The molecule has 22 nitrogen and oxygen atoms in total. The van der Waals surface area contributed by atoms with Gasteiger partial charge in [0.1, 0.15) is 62.1 Å². The lowest BCUT2D eigenvalue weighted by atomic mass is 9.80. The minimum Gasteiger partial charge on any atom is -0.506 e. The van der Waals surface area contributed by atoms with Crippen LogP contribution in [0.4, 0.5) is 0 Å². The zero-order chi connectivity index (χ0) is 59.8. The number of pyridine rings is 4. The molecular formula is C56H48BCl3N4O18. The Morgan fingerprint density at radius 2 is 1.04 bits per heavy atom. The lowest BCUT2D eigenvalue weighted by Gasteiger charge is -2.11. The number of carbonyl (C=O) groups is 2. The van der Waals surface area contributed by atoms with E-state index < -0.39 is 30.3 Å². The van der Waals surface area contributed by atoms with Gasteiger partial charge in [-0.15, -0.1) is 0 Å². The summed E-state index contributed by atoms with van der Waals surface area (Å²) in [6, 6.07) is 25.3. The number of nitrogens with zero attached hydrogens (tertiary/aromatic N) is 3. The molecule has 10 rings (SSSR count). The Morgan fingerprint density at radius 1 is 0.524 bits per heavy atom. The lowest BCUT2D eigenvalue weighted by Crippen LogP contribution is -2.30. The molecule has 424 valence electrons. The number of aromatic amines is 1. The molecule has 82 heavy (non-hydrogen) atoms. The van der Waals surface area contributed by atoms with Crippen LogP contribution in [0.5, 0.6) is 40.2 Å². The van der Waals surface area contributed by atoms with Crippen LogP contribution in [0.1, 0.15) is 20.7 Å². The molecule has 0 saturated carbocycles. The van der Waals surface area contributed by atoms with Crippen molar-refractivity contribution in [2.24, 2.45) is 0 Å². The number of carbonyl (C=O) groups excluding carboxylic acids is 2. The standard InChI is InChI=1S/C15H14ClNO4.C14H11NO4.C12H7NO4.C8H8ClNO3.C7H8BClO3/c1-19-9-4-5-11(13(16)7-9)14-12(15(18)21-3)6-10(20-2)8-17-14;1-17-8-3-4-10-12(6-8)19-14(16)11-5-9(18-2)7-15-13(10)11;14-6-1-2-8-10(4-6)17-12(16)9-3-7(15)5-13-11(8)9;1-12-5-3-6(8(11)13-2)7(9)10-4-5;1-12-5-2-3-6(8(10)11)7(9)4-5/h4-8H,1-3H3;3-7H,1-2H3;1-5,13,15H;3-4H,1-2H3;2-4,10-11H,1H3. The predicted octanol–water partition coefficient (Wildman–Crippen LogP) is 8.46. The van der Waals surface area contributed by atoms with Crippen molar-refractivity contribution in [3.05, 3.63) is 179 Å². The summed E-state index contributed by atoms with van der Waals surface area (Å²) in [6.45, 7) is 0. The summed E-state index contributed by atoms with van der Waals surface area (Å²) >= 11 is 17.6.